The largest absolute Gasteiger partial charge is 0.481 e. The summed E-state index contributed by atoms with van der Waals surface area (Å²) in [4.78, 5) is 60.3. The van der Waals surface area contributed by atoms with Gasteiger partial charge in [-0.15, -0.1) is 0 Å². The molecule has 2 aliphatic carbocycles. The summed E-state index contributed by atoms with van der Waals surface area (Å²) in [5.74, 6) is 1.49. The van der Waals surface area contributed by atoms with Crippen molar-refractivity contribution in [2.24, 2.45) is 17.6 Å². The van der Waals surface area contributed by atoms with Gasteiger partial charge >= 0.3 is 5.97 Å². The highest BCUT2D eigenvalue weighted by Crippen LogP contribution is 2.40. The molecule has 6 rings (SSSR count). The van der Waals surface area contributed by atoms with Gasteiger partial charge in [-0.3, -0.25) is 29.1 Å². The quantitative estimate of drug-likeness (QED) is 0.0614. The Morgan fingerprint density at radius 3 is 1.48 bits per heavy atom. The molecule has 0 spiro atoms. The summed E-state index contributed by atoms with van der Waals surface area (Å²) in [6, 6.07) is 24.2. The van der Waals surface area contributed by atoms with Gasteiger partial charge < -0.3 is 26.0 Å². The molecule has 2 heterocycles. The van der Waals surface area contributed by atoms with Crippen LogP contribution < -0.4 is 11.1 Å². The average Bonchev–Trinajstić information content (AvgIpc) is 4.25. The standard InChI is InChI=1S/C27H37N3O2.C15H24N2O.C12H15NO2/c1-5-26(31)22-12-11-21(19(2)14-22)16-24(30(3)4)18-29-27(32)17-23(15-20-9-10-20)25-8-6-7-13-28-25;1-5-15(18)13-7-6-12(11(2)8-13)9-14(10-16)17(3)4;14-12(15)8-10(7-9-4-5-9)11-3-1-2-6-13-11/h6-8,11-14,20,23-24H,5,9-10,15-18H2,1-4H3,(H,29,32);6-8,14H,5,9-10,16H2,1-4H3;1-3,6,9-10H,4-5,7-8H2,(H,14,15)/t23-,24-;14-;10-/m000/s1. The van der Waals surface area contributed by atoms with E-state index in [0.29, 0.717) is 38.4 Å². The SMILES string of the molecule is CCC(=O)c1ccc(C[C@@H](CN)N(C)C)c(C)c1.CCC(=O)c1ccc(C[C@@H](CNC(=O)C[C@H](CC2CC2)c2ccccn2)N(C)C)c(C)c1.O=C(O)C[C@H](CC1CC1)c1ccccn1. The predicted octanol–water partition coefficient (Wildman–Crippen LogP) is 9.00. The molecule has 2 aliphatic rings. The maximum Gasteiger partial charge on any atom is 0.304 e. The molecule has 0 unspecified atom stereocenters. The smallest absolute Gasteiger partial charge is 0.304 e. The third kappa shape index (κ3) is 18.4. The lowest BCUT2D eigenvalue weighted by atomic mass is 9.93. The van der Waals surface area contributed by atoms with E-state index in [-0.39, 0.29) is 41.8 Å². The fourth-order valence-corrected chi connectivity index (χ4v) is 8.13. The van der Waals surface area contributed by atoms with Crippen LogP contribution >= 0.6 is 0 Å². The van der Waals surface area contributed by atoms with Crippen LogP contribution in [0, 0.1) is 25.7 Å². The highest BCUT2D eigenvalue weighted by Gasteiger charge is 2.29. The molecule has 352 valence electrons. The molecule has 2 aromatic heterocycles. The van der Waals surface area contributed by atoms with E-state index in [1.165, 1.54) is 42.4 Å². The second kappa shape index (κ2) is 26.8. The zero-order valence-corrected chi connectivity index (χ0v) is 40.4. The number of likely N-dealkylation sites (N-methyl/N-ethyl adjacent to an activating group) is 2. The van der Waals surface area contributed by atoms with Gasteiger partial charge in [-0.25, -0.2) is 0 Å². The lowest BCUT2D eigenvalue weighted by Gasteiger charge is -2.26. The summed E-state index contributed by atoms with van der Waals surface area (Å²) >= 11 is 0. The maximum absolute atomic E-state index is 12.8. The number of nitrogens with one attached hydrogen (secondary N) is 1. The van der Waals surface area contributed by atoms with Gasteiger partial charge in [-0.1, -0.05) is 75.9 Å². The number of carboxylic acid groups (broad SMARTS) is 1. The highest BCUT2D eigenvalue weighted by molar-refractivity contribution is 5.96. The molecule has 0 aliphatic heterocycles. The number of nitrogens with zero attached hydrogens (tertiary/aromatic N) is 4. The molecule has 0 bridgehead atoms. The number of carbonyl (C=O) groups excluding carboxylic acids is 3. The molecule has 1 amide bonds. The molecule has 4 N–H and O–H groups in total. The van der Waals surface area contributed by atoms with Gasteiger partial charge in [0.15, 0.2) is 11.6 Å². The predicted molar refractivity (Wildman–Crippen MR) is 262 cm³/mol. The average molecular weight is 889 g/mol. The fraction of sp³-hybridized carbons (Fsp3) is 0.519. The van der Waals surface area contributed by atoms with Crippen LogP contribution in [0.25, 0.3) is 0 Å². The van der Waals surface area contributed by atoms with E-state index in [0.717, 1.165) is 65.6 Å². The Kier molecular flexibility index (Phi) is 21.6. The van der Waals surface area contributed by atoms with Gasteiger partial charge in [-0.05, 0) is 138 Å². The van der Waals surface area contributed by atoms with E-state index >= 15 is 0 Å². The number of carbonyl (C=O) groups is 4. The highest BCUT2D eigenvalue weighted by atomic mass is 16.4. The number of aryl methyl sites for hydroxylation is 2. The minimum Gasteiger partial charge on any atom is -0.481 e. The van der Waals surface area contributed by atoms with Crippen molar-refractivity contribution in [3.8, 4) is 0 Å². The molecule has 2 aromatic carbocycles. The zero-order chi connectivity index (χ0) is 47.5. The molecular formula is C54H76N6O5. The van der Waals surface area contributed by atoms with Crippen LogP contribution in [0.15, 0.2) is 85.2 Å². The number of Topliss-reactive ketones (excluding diaryl/α,β-unsaturated/α-hetero) is 2. The number of aliphatic carboxylic acids is 1. The number of hydrogen-bond donors (Lipinski definition) is 3. The Morgan fingerprint density at radius 1 is 0.677 bits per heavy atom. The Hall–Kier alpha value is -5.10. The number of ketones is 2. The number of benzene rings is 2. The molecule has 65 heavy (non-hydrogen) atoms. The number of nitrogens with two attached hydrogens (primary N) is 1. The molecule has 4 atom stereocenters. The summed E-state index contributed by atoms with van der Waals surface area (Å²) in [6.45, 7) is 9.14. The van der Waals surface area contributed by atoms with Crippen molar-refractivity contribution < 1.29 is 24.3 Å². The van der Waals surface area contributed by atoms with Crippen molar-refractivity contribution in [1.82, 2.24) is 25.1 Å². The summed E-state index contributed by atoms with van der Waals surface area (Å²) in [5.41, 5.74) is 14.1. The van der Waals surface area contributed by atoms with Gasteiger partial charge in [0.2, 0.25) is 5.91 Å². The topological polar surface area (TPSA) is 159 Å². The third-order valence-electron chi connectivity index (χ3n) is 12.8. The van der Waals surface area contributed by atoms with Crippen molar-refractivity contribution in [3.05, 3.63) is 130 Å². The first-order valence-electron chi connectivity index (χ1n) is 23.7. The van der Waals surface area contributed by atoms with Crippen LogP contribution in [0.2, 0.25) is 0 Å². The second-order valence-corrected chi connectivity index (χ2v) is 18.6. The minimum absolute atomic E-state index is 0.0914. The van der Waals surface area contributed by atoms with Crippen LogP contribution in [-0.4, -0.2) is 102 Å². The monoisotopic (exact) mass is 889 g/mol. The number of rotatable bonds is 23. The van der Waals surface area contributed by atoms with Crippen molar-refractivity contribution in [2.75, 3.05) is 41.3 Å². The normalized spacial score (nSPS) is 15.1. The minimum atomic E-state index is -0.730. The van der Waals surface area contributed by atoms with Crippen LogP contribution in [0.1, 0.15) is 144 Å². The Morgan fingerprint density at radius 2 is 1.12 bits per heavy atom. The Balaban J connectivity index is 0.000000236. The molecule has 11 nitrogen and oxygen atoms in total. The van der Waals surface area contributed by atoms with E-state index in [1.54, 1.807) is 6.20 Å². The van der Waals surface area contributed by atoms with Crippen LogP contribution in [-0.2, 0) is 22.4 Å². The third-order valence-corrected chi connectivity index (χ3v) is 12.8. The Labute approximate surface area is 389 Å². The molecule has 2 fully saturated rings. The van der Waals surface area contributed by atoms with E-state index in [1.807, 2.05) is 109 Å². The van der Waals surface area contributed by atoms with E-state index in [2.05, 4.69) is 51.1 Å². The molecule has 0 radical (unpaired) electrons. The van der Waals surface area contributed by atoms with Crippen LogP contribution in [0.4, 0.5) is 0 Å². The molecule has 4 aromatic rings. The van der Waals surface area contributed by atoms with Crippen LogP contribution in [0.3, 0.4) is 0 Å². The summed E-state index contributed by atoms with van der Waals surface area (Å²) < 4.78 is 0. The molecule has 0 saturated heterocycles. The van der Waals surface area contributed by atoms with E-state index < -0.39 is 5.97 Å². The fourth-order valence-electron chi connectivity index (χ4n) is 8.13. The lowest BCUT2D eigenvalue weighted by Crippen LogP contribution is -2.42. The summed E-state index contributed by atoms with van der Waals surface area (Å²) in [7, 11) is 8.18. The number of aromatic nitrogens is 2. The molecule has 2 saturated carbocycles. The molecular weight excluding hydrogens is 813 g/mol. The first kappa shape index (κ1) is 52.5. The van der Waals surface area contributed by atoms with Crippen LogP contribution in [0.5, 0.6) is 0 Å². The Bertz CT molecular complexity index is 2100. The van der Waals surface area contributed by atoms with Crippen molar-refractivity contribution in [1.29, 1.82) is 0 Å². The van der Waals surface area contributed by atoms with Gasteiger partial charge in [0, 0.05) is 91.2 Å². The van der Waals surface area contributed by atoms with Gasteiger partial charge in [0.25, 0.3) is 0 Å². The lowest BCUT2D eigenvalue weighted by molar-refractivity contribution is -0.137. The number of pyridine rings is 2. The maximum atomic E-state index is 12.8. The zero-order valence-electron chi connectivity index (χ0n) is 40.4. The number of hydrogen-bond acceptors (Lipinski definition) is 9. The molecule has 11 heteroatoms. The number of amides is 1. The first-order chi connectivity index (χ1) is 31.1. The van der Waals surface area contributed by atoms with Gasteiger partial charge in [-0.2, -0.15) is 0 Å². The van der Waals surface area contributed by atoms with Crippen molar-refractivity contribution >= 4 is 23.4 Å². The van der Waals surface area contributed by atoms with Crippen molar-refractivity contribution in [3.63, 3.8) is 0 Å². The number of carboxylic acids is 1. The second-order valence-electron chi connectivity index (χ2n) is 18.6. The van der Waals surface area contributed by atoms with E-state index in [9.17, 15) is 19.2 Å². The van der Waals surface area contributed by atoms with E-state index in [4.69, 9.17) is 10.8 Å². The summed E-state index contributed by atoms with van der Waals surface area (Å²) in [5, 5.41) is 12.0. The van der Waals surface area contributed by atoms with Crippen molar-refractivity contribution in [2.45, 2.75) is 129 Å². The summed E-state index contributed by atoms with van der Waals surface area (Å²) in [6.07, 6.45) is 14.1. The van der Waals surface area contributed by atoms with Gasteiger partial charge in [0.05, 0.1) is 6.42 Å². The van der Waals surface area contributed by atoms with Gasteiger partial charge in [0.1, 0.15) is 0 Å². The first-order valence-corrected chi connectivity index (χ1v) is 23.7.